The quantitative estimate of drug-likeness (QED) is 0.805. The molecular weight excluding hydrogens is 271 g/mol. The van der Waals surface area contributed by atoms with Crippen molar-refractivity contribution in [2.45, 2.75) is 13.8 Å². The highest BCUT2D eigenvalue weighted by molar-refractivity contribution is 6.11. The lowest BCUT2D eigenvalue weighted by Crippen LogP contribution is -2.07. The summed E-state index contributed by atoms with van der Waals surface area (Å²) in [5.41, 5.74) is 2.18. The number of carbonyl (C=O) groups excluding carboxylic acids is 1. The largest absolute Gasteiger partial charge is 0.497 e. The number of rotatable bonds is 4. The van der Waals surface area contributed by atoms with Crippen molar-refractivity contribution in [2.75, 3.05) is 14.2 Å². The lowest BCUT2D eigenvalue weighted by atomic mass is 9.94. The molecule has 0 atom stereocenters. The third-order valence-electron chi connectivity index (χ3n) is 3.34. The summed E-state index contributed by atoms with van der Waals surface area (Å²) in [6, 6.07) is 7.70. The van der Waals surface area contributed by atoms with Crippen LogP contribution >= 0.6 is 0 Å². The number of benzene rings is 2. The highest BCUT2D eigenvalue weighted by Crippen LogP contribution is 2.26. The Kier molecular flexibility index (Phi) is 4.26. The Morgan fingerprint density at radius 2 is 1.38 bits per heavy atom. The van der Waals surface area contributed by atoms with Crippen LogP contribution in [0.4, 0.5) is 4.39 Å². The summed E-state index contributed by atoms with van der Waals surface area (Å²) in [5, 5.41) is 0. The van der Waals surface area contributed by atoms with E-state index in [9.17, 15) is 9.18 Å². The predicted octanol–water partition coefficient (Wildman–Crippen LogP) is 3.69. The van der Waals surface area contributed by atoms with Crippen LogP contribution in [0, 0.1) is 19.7 Å². The van der Waals surface area contributed by atoms with E-state index in [0.29, 0.717) is 33.8 Å². The third kappa shape index (κ3) is 3.05. The standard InChI is InChI=1S/C17H17FO3/c1-10-5-13(18)6-11(2)16(10)17(19)12-7-14(20-3)9-15(8-12)21-4/h5-9H,1-4H3. The molecule has 0 bridgehead atoms. The van der Waals surface area contributed by atoms with Gasteiger partial charge in [-0.15, -0.1) is 0 Å². The first-order chi connectivity index (χ1) is 9.96. The molecule has 0 aliphatic rings. The van der Waals surface area contributed by atoms with Crippen molar-refractivity contribution in [2.24, 2.45) is 0 Å². The summed E-state index contributed by atoms with van der Waals surface area (Å²) in [6.07, 6.45) is 0. The lowest BCUT2D eigenvalue weighted by molar-refractivity contribution is 0.103. The number of carbonyl (C=O) groups is 1. The molecule has 2 rings (SSSR count). The van der Waals surface area contributed by atoms with Crippen molar-refractivity contribution < 1.29 is 18.7 Å². The maximum Gasteiger partial charge on any atom is 0.193 e. The van der Waals surface area contributed by atoms with Gasteiger partial charge in [-0.25, -0.2) is 4.39 Å². The van der Waals surface area contributed by atoms with Gasteiger partial charge in [0.05, 0.1) is 14.2 Å². The van der Waals surface area contributed by atoms with Crippen molar-refractivity contribution >= 4 is 5.78 Å². The minimum atomic E-state index is -0.343. The minimum absolute atomic E-state index is 0.179. The second-order valence-corrected chi connectivity index (χ2v) is 4.85. The van der Waals surface area contributed by atoms with Crippen LogP contribution in [0.1, 0.15) is 27.0 Å². The van der Waals surface area contributed by atoms with Gasteiger partial charge in [-0.3, -0.25) is 4.79 Å². The Morgan fingerprint density at radius 1 is 0.905 bits per heavy atom. The number of ketones is 1. The van der Waals surface area contributed by atoms with Gasteiger partial charge in [0.2, 0.25) is 0 Å². The molecule has 21 heavy (non-hydrogen) atoms. The van der Waals surface area contributed by atoms with E-state index in [2.05, 4.69) is 0 Å². The van der Waals surface area contributed by atoms with Crippen LogP contribution in [0.15, 0.2) is 30.3 Å². The van der Waals surface area contributed by atoms with Crippen LogP contribution in [-0.4, -0.2) is 20.0 Å². The number of ether oxygens (including phenoxy) is 2. The van der Waals surface area contributed by atoms with Gasteiger partial charge in [0.1, 0.15) is 17.3 Å². The maximum absolute atomic E-state index is 13.4. The Bertz CT molecular complexity index is 647. The monoisotopic (exact) mass is 288 g/mol. The molecule has 0 spiro atoms. The van der Waals surface area contributed by atoms with E-state index >= 15 is 0 Å². The van der Waals surface area contributed by atoms with Gasteiger partial charge < -0.3 is 9.47 Å². The topological polar surface area (TPSA) is 35.5 Å². The molecule has 0 amide bonds. The van der Waals surface area contributed by atoms with Crippen LogP contribution in [0.2, 0.25) is 0 Å². The Labute approximate surface area is 123 Å². The number of aryl methyl sites for hydroxylation is 2. The van der Waals surface area contributed by atoms with Crippen LogP contribution in [0.3, 0.4) is 0 Å². The van der Waals surface area contributed by atoms with E-state index < -0.39 is 0 Å². The molecule has 3 nitrogen and oxygen atoms in total. The van der Waals surface area contributed by atoms with E-state index in [-0.39, 0.29) is 11.6 Å². The molecule has 0 saturated heterocycles. The fraction of sp³-hybridized carbons (Fsp3) is 0.235. The highest BCUT2D eigenvalue weighted by atomic mass is 19.1. The zero-order chi connectivity index (χ0) is 15.6. The molecule has 0 aliphatic carbocycles. The first-order valence-electron chi connectivity index (χ1n) is 6.50. The molecule has 0 aliphatic heterocycles. The Hall–Kier alpha value is -2.36. The molecule has 0 unspecified atom stereocenters. The SMILES string of the molecule is COc1cc(OC)cc(C(=O)c2c(C)cc(F)cc2C)c1. The smallest absolute Gasteiger partial charge is 0.193 e. The Morgan fingerprint density at radius 3 is 1.81 bits per heavy atom. The van der Waals surface area contributed by atoms with Crippen LogP contribution in [0.25, 0.3) is 0 Å². The first kappa shape index (κ1) is 15.0. The molecule has 2 aromatic rings. The average Bonchev–Trinajstić information content (AvgIpc) is 2.45. The summed E-state index contributed by atoms with van der Waals surface area (Å²) in [6.45, 7) is 3.45. The molecule has 0 saturated carbocycles. The molecule has 0 radical (unpaired) electrons. The first-order valence-corrected chi connectivity index (χ1v) is 6.50. The summed E-state index contributed by atoms with van der Waals surface area (Å²) in [5.74, 6) is 0.553. The molecule has 2 aromatic carbocycles. The van der Waals surface area contributed by atoms with Gasteiger partial charge >= 0.3 is 0 Å². The van der Waals surface area contributed by atoms with E-state index in [1.54, 1.807) is 32.0 Å². The van der Waals surface area contributed by atoms with Crippen molar-refractivity contribution in [1.29, 1.82) is 0 Å². The molecule has 0 aromatic heterocycles. The number of halogens is 1. The van der Waals surface area contributed by atoms with Crippen LogP contribution in [-0.2, 0) is 0 Å². The van der Waals surface area contributed by atoms with E-state index in [4.69, 9.17) is 9.47 Å². The molecule has 110 valence electrons. The van der Waals surface area contributed by atoms with Gasteiger partial charge in [-0.05, 0) is 49.2 Å². The average molecular weight is 288 g/mol. The van der Waals surface area contributed by atoms with Gasteiger partial charge in [-0.1, -0.05) is 0 Å². The molecule has 0 fully saturated rings. The van der Waals surface area contributed by atoms with Gasteiger partial charge in [-0.2, -0.15) is 0 Å². The second kappa shape index (κ2) is 5.95. The molecule has 0 N–H and O–H groups in total. The summed E-state index contributed by atoms with van der Waals surface area (Å²) in [7, 11) is 3.05. The molecular formula is C17H17FO3. The van der Waals surface area contributed by atoms with Crippen molar-refractivity contribution in [3.8, 4) is 11.5 Å². The molecule has 4 heteroatoms. The normalized spacial score (nSPS) is 10.3. The maximum atomic E-state index is 13.4. The third-order valence-corrected chi connectivity index (χ3v) is 3.34. The summed E-state index contributed by atoms with van der Waals surface area (Å²) >= 11 is 0. The zero-order valence-electron chi connectivity index (χ0n) is 12.5. The van der Waals surface area contributed by atoms with Gasteiger partial charge in [0, 0.05) is 17.2 Å². The number of methoxy groups -OCH3 is 2. The second-order valence-electron chi connectivity index (χ2n) is 4.85. The van der Waals surface area contributed by atoms with E-state index in [0.717, 1.165) is 0 Å². The number of hydrogen-bond acceptors (Lipinski definition) is 3. The highest BCUT2D eigenvalue weighted by Gasteiger charge is 2.17. The fourth-order valence-electron chi connectivity index (χ4n) is 2.35. The Balaban J connectivity index is 2.55. The molecule has 0 heterocycles. The van der Waals surface area contributed by atoms with E-state index in [1.807, 2.05) is 0 Å². The minimum Gasteiger partial charge on any atom is -0.497 e. The predicted molar refractivity (Wildman–Crippen MR) is 78.9 cm³/mol. The lowest BCUT2D eigenvalue weighted by Gasteiger charge is -2.11. The van der Waals surface area contributed by atoms with Crippen molar-refractivity contribution in [1.82, 2.24) is 0 Å². The summed E-state index contributed by atoms with van der Waals surface area (Å²) < 4.78 is 23.7. The van der Waals surface area contributed by atoms with Crippen molar-refractivity contribution in [3.05, 3.63) is 58.4 Å². The van der Waals surface area contributed by atoms with Crippen LogP contribution < -0.4 is 9.47 Å². The fourth-order valence-corrected chi connectivity index (χ4v) is 2.35. The van der Waals surface area contributed by atoms with Crippen molar-refractivity contribution in [3.63, 3.8) is 0 Å². The van der Waals surface area contributed by atoms with Crippen LogP contribution in [0.5, 0.6) is 11.5 Å². The number of hydrogen-bond donors (Lipinski definition) is 0. The summed E-state index contributed by atoms with van der Waals surface area (Å²) in [4.78, 5) is 12.7. The van der Waals surface area contributed by atoms with E-state index in [1.165, 1.54) is 26.4 Å². The zero-order valence-corrected chi connectivity index (χ0v) is 12.5. The van der Waals surface area contributed by atoms with Gasteiger partial charge in [0.15, 0.2) is 5.78 Å². The van der Waals surface area contributed by atoms with Gasteiger partial charge in [0.25, 0.3) is 0 Å².